The molecule has 0 aliphatic carbocycles. The number of aromatic amines is 1. The quantitative estimate of drug-likeness (QED) is 0.363. The minimum Gasteiger partial charge on any atom is -0.497 e. The number of methoxy groups -OCH3 is 1. The van der Waals surface area contributed by atoms with Gasteiger partial charge in [-0.25, -0.2) is 4.98 Å². The lowest BCUT2D eigenvalue weighted by Crippen LogP contribution is -2.43. The molecule has 1 aliphatic heterocycles. The van der Waals surface area contributed by atoms with Crippen LogP contribution in [-0.2, 0) is 9.59 Å². The van der Waals surface area contributed by atoms with E-state index < -0.39 is 23.8 Å². The molecule has 0 saturated heterocycles. The molecule has 166 valence electrons. The van der Waals surface area contributed by atoms with Gasteiger partial charge < -0.3 is 25.7 Å². The molecule has 10 heteroatoms. The monoisotopic (exact) mass is 461 g/mol. The first-order valence-corrected chi connectivity index (χ1v) is 11.0. The van der Waals surface area contributed by atoms with Crippen molar-refractivity contribution in [1.29, 1.82) is 0 Å². The van der Waals surface area contributed by atoms with Crippen molar-refractivity contribution in [3.63, 3.8) is 0 Å². The highest BCUT2D eigenvalue weighted by molar-refractivity contribution is 7.14. The third kappa shape index (κ3) is 4.03. The molecule has 5 rings (SSSR count). The van der Waals surface area contributed by atoms with Gasteiger partial charge >= 0.3 is 0 Å². The number of hydrogen-bond donors (Lipinski definition) is 4. The lowest BCUT2D eigenvalue weighted by molar-refractivity contribution is -0.122. The molecule has 2 aromatic heterocycles. The highest BCUT2D eigenvalue weighted by atomic mass is 32.1. The van der Waals surface area contributed by atoms with Gasteiger partial charge in [-0.05, 0) is 30.3 Å². The smallest absolute Gasteiger partial charge is 0.254 e. The summed E-state index contributed by atoms with van der Waals surface area (Å²) in [6.45, 7) is 0. The number of ether oxygens (including phenoxy) is 1. The van der Waals surface area contributed by atoms with Crippen LogP contribution in [0.2, 0.25) is 0 Å². The fourth-order valence-corrected chi connectivity index (χ4v) is 4.43. The topological polar surface area (TPSA) is 125 Å². The van der Waals surface area contributed by atoms with Gasteiger partial charge in [-0.2, -0.15) is 0 Å². The van der Waals surface area contributed by atoms with Gasteiger partial charge in [0.1, 0.15) is 11.8 Å². The van der Waals surface area contributed by atoms with Crippen molar-refractivity contribution in [1.82, 2.24) is 15.3 Å². The number of hydrogen-bond acceptors (Lipinski definition) is 6. The SMILES string of the molecule is COc1ccc2[nH]cc(-c3csc(NC(=O)CC4NC(=O)c5ccccc5NC4=O)n3)c2c1. The highest BCUT2D eigenvalue weighted by Gasteiger charge is 2.29. The zero-order valence-corrected chi connectivity index (χ0v) is 18.3. The average Bonchev–Trinajstić information content (AvgIpc) is 3.42. The van der Waals surface area contributed by atoms with E-state index in [0.717, 1.165) is 22.2 Å². The Morgan fingerprint density at radius 1 is 1.18 bits per heavy atom. The fraction of sp³-hybridized carbons (Fsp3) is 0.130. The van der Waals surface area contributed by atoms with Crippen LogP contribution in [0.3, 0.4) is 0 Å². The summed E-state index contributed by atoms with van der Waals surface area (Å²) in [6.07, 6.45) is 1.64. The molecule has 3 amide bonds. The van der Waals surface area contributed by atoms with Crippen molar-refractivity contribution in [3.8, 4) is 17.0 Å². The van der Waals surface area contributed by atoms with E-state index in [4.69, 9.17) is 4.74 Å². The van der Waals surface area contributed by atoms with Gasteiger partial charge in [0, 0.05) is 28.0 Å². The van der Waals surface area contributed by atoms with Crippen LogP contribution in [0.4, 0.5) is 10.8 Å². The summed E-state index contributed by atoms with van der Waals surface area (Å²) in [6, 6.07) is 11.4. The summed E-state index contributed by atoms with van der Waals surface area (Å²) in [7, 11) is 1.61. The first-order chi connectivity index (χ1) is 16.0. The van der Waals surface area contributed by atoms with Crippen LogP contribution in [0.5, 0.6) is 5.75 Å². The van der Waals surface area contributed by atoms with Crippen molar-refractivity contribution < 1.29 is 19.1 Å². The Kier molecular flexibility index (Phi) is 5.27. The molecule has 1 atom stereocenters. The van der Waals surface area contributed by atoms with E-state index in [1.165, 1.54) is 11.3 Å². The molecular formula is C23H19N5O4S. The predicted molar refractivity (Wildman–Crippen MR) is 126 cm³/mol. The summed E-state index contributed by atoms with van der Waals surface area (Å²) < 4.78 is 5.31. The number of rotatable bonds is 5. The minimum absolute atomic E-state index is 0.218. The molecule has 4 aromatic rings. The zero-order valence-electron chi connectivity index (χ0n) is 17.5. The lowest BCUT2D eigenvalue weighted by atomic mass is 10.1. The standard InChI is InChI=1S/C23H19N5O4S/c1-32-12-6-7-16-14(8-12)15(10-24-16)19-11-33-23(27-19)28-20(29)9-18-22(31)25-17-5-3-2-4-13(17)21(30)26-18/h2-8,10-11,18,24H,9H2,1H3,(H,25,31)(H,26,30)(H,27,28,29). The van der Waals surface area contributed by atoms with Crippen molar-refractivity contribution in [2.24, 2.45) is 0 Å². The van der Waals surface area contributed by atoms with Crippen LogP contribution in [0, 0.1) is 0 Å². The molecular weight excluding hydrogens is 442 g/mol. The number of nitrogens with zero attached hydrogens (tertiary/aromatic N) is 1. The second-order valence-corrected chi connectivity index (χ2v) is 8.32. The molecule has 0 bridgehead atoms. The molecule has 0 saturated carbocycles. The Bertz CT molecular complexity index is 1390. The number of carbonyl (C=O) groups is 3. The first-order valence-electron chi connectivity index (χ1n) is 10.1. The molecule has 4 N–H and O–H groups in total. The summed E-state index contributed by atoms with van der Waals surface area (Å²) in [5.41, 5.74) is 3.30. The molecule has 9 nitrogen and oxygen atoms in total. The van der Waals surface area contributed by atoms with E-state index in [1.54, 1.807) is 31.4 Å². The third-order valence-electron chi connectivity index (χ3n) is 5.36. The number of H-pyrrole nitrogens is 1. The minimum atomic E-state index is -0.995. The van der Waals surface area contributed by atoms with Gasteiger partial charge in [-0.1, -0.05) is 12.1 Å². The van der Waals surface area contributed by atoms with E-state index in [9.17, 15) is 14.4 Å². The Hall–Kier alpha value is -4.18. The van der Waals surface area contributed by atoms with E-state index in [2.05, 4.69) is 25.9 Å². The number of aromatic nitrogens is 2. The molecule has 0 spiro atoms. The van der Waals surface area contributed by atoms with Gasteiger partial charge in [0.05, 0.1) is 30.5 Å². The number of anilines is 2. The molecule has 0 radical (unpaired) electrons. The van der Waals surface area contributed by atoms with Crippen LogP contribution in [0.1, 0.15) is 16.8 Å². The maximum atomic E-state index is 12.6. The van der Waals surface area contributed by atoms with Gasteiger partial charge in [0.25, 0.3) is 5.91 Å². The normalized spacial score (nSPS) is 15.4. The Morgan fingerprint density at radius 3 is 2.88 bits per heavy atom. The van der Waals surface area contributed by atoms with Crippen LogP contribution in [0.25, 0.3) is 22.2 Å². The van der Waals surface area contributed by atoms with Crippen molar-refractivity contribution in [3.05, 3.63) is 59.6 Å². The van der Waals surface area contributed by atoms with Crippen LogP contribution < -0.4 is 20.7 Å². The first kappa shape index (κ1) is 20.7. The van der Waals surface area contributed by atoms with Crippen molar-refractivity contribution in [2.45, 2.75) is 12.5 Å². The second kappa shape index (κ2) is 8.40. The molecule has 0 fully saturated rings. The number of amides is 3. The van der Waals surface area contributed by atoms with Crippen molar-refractivity contribution in [2.75, 3.05) is 17.7 Å². The maximum Gasteiger partial charge on any atom is 0.254 e. The molecule has 33 heavy (non-hydrogen) atoms. The average molecular weight is 462 g/mol. The number of carbonyl (C=O) groups excluding carboxylic acids is 3. The Morgan fingerprint density at radius 2 is 2.03 bits per heavy atom. The van der Waals surface area contributed by atoms with Crippen LogP contribution >= 0.6 is 11.3 Å². The maximum absolute atomic E-state index is 12.6. The molecule has 1 aliphatic rings. The molecule has 3 heterocycles. The predicted octanol–water partition coefficient (Wildman–Crippen LogP) is 3.38. The van der Waals surface area contributed by atoms with E-state index in [1.807, 2.05) is 29.8 Å². The Labute approximate surface area is 192 Å². The van der Waals surface area contributed by atoms with E-state index in [-0.39, 0.29) is 6.42 Å². The third-order valence-corrected chi connectivity index (χ3v) is 6.11. The van der Waals surface area contributed by atoms with Gasteiger partial charge in [0.15, 0.2) is 5.13 Å². The lowest BCUT2D eigenvalue weighted by Gasteiger charge is -2.13. The zero-order chi connectivity index (χ0) is 22.9. The number of para-hydroxylation sites is 1. The molecule has 1 unspecified atom stereocenters. The molecule has 2 aromatic carbocycles. The number of thiazole rings is 1. The van der Waals surface area contributed by atoms with Gasteiger partial charge in [0.2, 0.25) is 11.8 Å². The van der Waals surface area contributed by atoms with E-state index >= 15 is 0 Å². The van der Waals surface area contributed by atoms with Gasteiger partial charge in [-0.15, -0.1) is 11.3 Å². The van der Waals surface area contributed by atoms with Crippen LogP contribution in [-0.4, -0.2) is 40.8 Å². The number of nitrogens with one attached hydrogen (secondary N) is 4. The van der Waals surface area contributed by atoms with Crippen LogP contribution in [0.15, 0.2) is 54.0 Å². The summed E-state index contributed by atoms with van der Waals surface area (Å²) >= 11 is 1.28. The fourth-order valence-electron chi connectivity index (χ4n) is 3.70. The Balaban J connectivity index is 1.29. The largest absolute Gasteiger partial charge is 0.497 e. The highest BCUT2D eigenvalue weighted by Crippen LogP contribution is 2.33. The van der Waals surface area contributed by atoms with Crippen molar-refractivity contribution >= 4 is 50.8 Å². The number of fused-ring (bicyclic) bond motifs is 2. The summed E-state index contributed by atoms with van der Waals surface area (Å²) in [4.78, 5) is 45.3. The summed E-state index contributed by atoms with van der Waals surface area (Å²) in [5, 5.41) is 11.2. The second-order valence-electron chi connectivity index (χ2n) is 7.46. The summed E-state index contributed by atoms with van der Waals surface area (Å²) in [5.74, 6) is -0.551. The number of benzene rings is 2. The van der Waals surface area contributed by atoms with E-state index in [0.29, 0.717) is 22.1 Å². The van der Waals surface area contributed by atoms with Gasteiger partial charge in [-0.3, -0.25) is 14.4 Å².